The summed E-state index contributed by atoms with van der Waals surface area (Å²) in [5.41, 5.74) is 2.84. The van der Waals surface area contributed by atoms with Gasteiger partial charge in [0, 0.05) is 30.1 Å². The number of hydrogen-bond acceptors (Lipinski definition) is 3. The van der Waals surface area contributed by atoms with Crippen LogP contribution >= 0.6 is 0 Å². The van der Waals surface area contributed by atoms with Gasteiger partial charge in [-0.3, -0.25) is 9.69 Å². The first-order valence-corrected chi connectivity index (χ1v) is 7.13. The molecule has 1 aliphatic heterocycles. The van der Waals surface area contributed by atoms with Crippen molar-refractivity contribution in [1.29, 1.82) is 0 Å². The largest absolute Gasteiger partial charge is 0.377 e. The molecule has 0 amide bonds. The van der Waals surface area contributed by atoms with Crippen molar-refractivity contribution in [3.8, 4) is 0 Å². The van der Waals surface area contributed by atoms with E-state index >= 15 is 0 Å². The molecule has 1 unspecified atom stereocenters. The summed E-state index contributed by atoms with van der Waals surface area (Å²) in [7, 11) is 0. The zero-order valence-electron chi connectivity index (χ0n) is 12.2. The molecule has 0 bridgehead atoms. The first kappa shape index (κ1) is 14.3. The van der Waals surface area contributed by atoms with Crippen LogP contribution in [0, 0.1) is 13.8 Å². The number of likely N-dealkylation sites (N-methyl/N-ethyl adjacent to an activating group) is 1. The summed E-state index contributed by atoms with van der Waals surface area (Å²) in [6.45, 7) is 9.13. The maximum absolute atomic E-state index is 12.3. The highest BCUT2D eigenvalue weighted by atomic mass is 16.5. The average molecular weight is 264 g/mol. The Morgan fingerprint density at radius 2 is 2.32 bits per heavy atom. The number of Topliss-reactive ketones (excluding diaryl/α,β-unsaturated/α-hetero) is 1. The Morgan fingerprint density at radius 3 is 2.84 bits per heavy atom. The van der Waals surface area contributed by atoms with Gasteiger partial charge in [0.05, 0.1) is 12.6 Å². The summed E-state index contributed by atoms with van der Waals surface area (Å²) < 4.78 is 5.64. The zero-order valence-corrected chi connectivity index (χ0v) is 12.2. The van der Waals surface area contributed by atoms with Crippen LogP contribution < -0.4 is 0 Å². The number of ketones is 1. The molecule has 106 valence electrons. The Labute approximate surface area is 115 Å². The van der Waals surface area contributed by atoms with Gasteiger partial charge in [-0.15, -0.1) is 0 Å². The number of H-pyrrole nitrogens is 1. The molecule has 4 heteroatoms. The van der Waals surface area contributed by atoms with E-state index in [-0.39, 0.29) is 5.78 Å². The van der Waals surface area contributed by atoms with Crippen LogP contribution in [0.2, 0.25) is 0 Å². The van der Waals surface area contributed by atoms with Crippen molar-refractivity contribution >= 4 is 5.78 Å². The lowest BCUT2D eigenvalue weighted by Crippen LogP contribution is -2.36. The third kappa shape index (κ3) is 3.67. The van der Waals surface area contributed by atoms with Gasteiger partial charge in [-0.25, -0.2) is 0 Å². The van der Waals surface area contributed by atoms with E-state index in [1.54, 1.807) is 0 Å². The minimum atomic E-state index is 0.196. The summed E-state index contributed by atoms with van der Waals surface area (Å²) in [4.78, 5) is 17.7. The van der Waals surface area contributed by atoms with Gasteiger partial charge in [-0.2, -0.15) is 0 Å². The standard InChI is InChI=1S/C15H24N2O2/c1-4-17(9-13-6-5-7-19-13)10-15(18)14-8-11(2)16-12(14)3/h8,13,16H,4-7,9-10H2,1-3H3. The number of aryl methyl sites for hydroxylation is 2. The SMILES string of the molecule is CCN(CC(=O)c1cc(C)[nH]c1C)CC1CCCO1. The number of aromatic amines is 1. The Bertz CT molecular complexity index is 433. The Hall–Kier alpha value is -1.13. The van der Waals surface area contributed by atoms with Crippen LogP contribution in [0.25, 0.3) is 0 Å². The molecule has 2 rings (SSSR count). The fourth-order valence-corrected chi connectivity index (χ4v) is 2.68. The molecule has 1 atom stereocenters. The van der Waals surface area contributed by atoms with Crippen LogP contribution in [-0.2, 0) is 4.74 Å². The quantitative estimate of drug-likeness (QED) is 0.802. The normalized spacial score (nSPS) is 19.3. The Balaban J connectivity index is 1.93. The van der Waals surface area contributed by atoms with E-state index in [2.05, 4.69) is 16.8 Å². The zero-order chi connectivity index (χ0) is 13.8. The molecule has 1 aliphatic rings. The van der Waals surface area contributed by atoms with Gasteiger partial charge in [-0.1, -0.05) is 6.92 Å². The fourth-order valence-electron chi connectivity index (χ4n) is 2.68. The van der Waals surface area contributed by atoms with Gasteiger partial charge in [0.15, 0.2) is 5.78 Å². The summed E-state index contributed by atoms with van der Waals surface area (Å²) in [5, 5.41) is 0. The third-order valence-corrected chi connectivity index (χ3v) is 3.75. The average Bonchev–Trinajstić information content (AvgIpc) is 2.98. The number of ether oxygens (including phenoxy) is 1. The molecular weight excluding hydrogens is 240 g/mol. The van der Waals surface area contributed by atoms with Gasteiger partial charge in [0.25, 0.3) is 0 Å². The van der Waals surface area contributed by atoms with Crippen LogP contribution in [-0.4, -0.2) is 48.0 Å². The number of rotatable bonds is 6. The molecule has 0 saturated carbocycles. The number of hydrogen-bond donors (Lipinski definition) is 1. The van der Waals surface area contributed by atoms with E-state index in [9.17, 15) is 4.79 Å². The van der Waals surface area contributed by atoms with Gasteiger partial charge in [-0.05, 0) is 39.3 Å². The van der Waals surface area contributed by atoms with Gasteiger partial charge in [0.2, 0.25) is 0 Å². The predicted molar refractivity (Wildman–Crippen MR) is 75.7 cm³/mol. The van der Waals surface area contributed by atoms with E-state index in [4.69, 9.17) is 4.74 Å². The smallest absolute Gasteiger partial charge is 0.178 e. The number of nitrogens with one attached hydrogen (secondary N) is 1. The van der Waals surface area contributed by atoms with Crippen LogP contribution in [0.4, 0.5) is 0 Å². The van der Waals surface area contributed by atoms with E-state index in [0.717, 1.165) is 49.5 Å². The van der Waals surface area contributed by atoms with Crippen molar-refractivity contribution in [2.24, 2.45) is 0 Å². The van der Waals surface area contributed by atoms with Crippen molar-refractivity contribution in [2.75, 3.05) is 26.2 Å². The molecular formula is C15H24N2O2. The lowest BCUT2D eigenvalue weighted by atomic mass is 10.1. The fraction of sp³-hybridized carbons (Fsp3) is 0.667. The van der Waals surface area contributed by atoms with Crippen molar-refractivity contribution in [3.05, 3.63) is 23.0 Å². The molecule has 1 N–H and O–H groups in total. The molecule has 1 saturated heterocycles. The molecule has 19 heavy (non-hydrogen) atoms. The van der Waals surface area contributed by atoms with Crippen LogP contribution in [0.15, 0.2) is 6.07 Å². The first-order valence-electron chi connectivity index (χ1n) is 7.13. The molecule has 1 aromatic rings. The monoisotopic (exact) mass is 264 g/mol. The summed E-state index contributed by atoms with van der Waals surface area (Å²) >= 11 is 0. The number of carbonyl (C=O) groups excluding carboxylic acids is 1. The Morgan fingerprint density at radius 1 is 1.53 bits per heavy atom. The van der Waals surface area contributed by atoms with Gasteiger partial charge >= 0.3 is 0 Å². The number of aromatic nitrogens is 1. The second-order valence-electron chi connectivity index (χ2n) is 5.38. The predicted octanol–water partition coefficient (Wildman–Crippen LogP) is 2.32. The van der Waals surface area contributed by atoms with Crippen LogP contribution in [0.1, 0.15) is 41.5 Å². The second kappa shape index (κ2) is 6.35. The highest BCUT2D eigenvalue weighted by Gasteiger charge is 2.21. The molecule has 0 radical (unpaired) electrons. The number of nitrogens with zero attached hydrogens (tertiary/aromatic N) is 1. The van der Waals surface area contributed by atoms with E-state index in [1.807, 2.05) is 19.9 Å². The highest BCUT2D eigenvalue weighted by molar-refractivity contribution is 5.98. The minimum absolute atomic E-state index is 0.196. The molecule has 2 heterocycles. The second-order valence-corrected chi connectivity index (χ2v) is 5.38. The number of carbonyl (C=O) groups is 1. The molecule has 1 aromatic heterocycles. The Kier molecular flexibility index (Phi) is 4.77. The maximum Gasteiger partial charge on any atom is 0.178 e. The molecule has 0 spiro atoms. The maximum atomic E-state index is 12.3. The minimum Gasteiger partial charge on any atom is -0.377 e. The molecule has 4 nitrogen and oxygen atoms in total. The summed E-state index contributed by atoms with van der Waals surface area (Å²) in [6.07, 6.45) is 2.57. The van der Waals surface area contributed by atoms with E-state index < -0.39 is 0 Å². The van der Waals surface area contributed by atoms with E-state index in [0.29, 0.717) is 12.6 Å². The molecule has 0 aromatic carbocycles. The highest BCUT2D eigenvalue weighted by Crippen LogP contribution is 2.15. The topological polar surface area (TPSA) is 45.3 Å². The van der Waals surface area contributed by atoms with Crippen molar-refractivity contribution in [3.63, 3.8) is 0 Å². The van der Waals surface area contributed by atoms with Gasteiger partial charge < -0.3 is 9.72 Å². The summed E-state index contributed by atoms with van der Waals surface area (Å²) in [5.74, 6) is 0.196. The van der Waals surface area contributed by atoms with Gasteiger partial charge in [0.1, 0.15) is 0 Å². The van der Waals surface area contributed by atoms with Crippen molar-refractivity contribution in [2.45, 2.75) is 39.7 Å². The molecule has 0 aliphatic carbocycles. The first-order chi connectivity index (χ1) is 9.10. The van der Waals surface area contributed by atoms with Crippen LogP contribution in [0.5, 0.6) is 0 Å². The third-order valence-electron chi connectivity index (χ3n) is 3.75. The van der Waals surface area contributed by atoms with Crippen molar-refractivity contribution in [1.82, 2.24) is 9.88 Å². The van der Waals surface area contributed by atoms with Crippen LogP contribution in [0.3, 0.4) is 0 Å². The lowest BCUT2D eigenvalue weighted by Gasteiger charge is -2.22. The molecule has 1 fully saturated rings. The van der Waals surface area contributed by atoms with Crippen molar-refractivity contribution < 1.29 is 9.53 Å². The van der Waals surface area contributed by atoms with E-state index in [1.165, 1.54) is 0 Å². The lowest BCUT2D eigenvalue weighted by molar-refractivity contribution is 0.0686. The summed E-state index contributed by atoms with van der Waals surface area (Å²) in [6, 6.07) is 1.94.